The van der Waals surface area contributed by atoms with Crippen LogP contribution in [0.15, 0.2) is 54.6 Å². The predicted molar refractivity (Wildman–Crippen MR) is 110 cm³/mol. The van der Waals surface area contributed by atoms with E-state index in [2.05, 4.69) is 68.6 Å². The fourth-order valence-electron chi connectivity index (χ4n) is 3.95. The van der Waals surface area contributed by atoms with Crippen molar-refractivity contribution in [2.24, 2.45) is 5.92 Å². The van der Waals surface area contributed by atoms with Crippen molar-refractivity contribution >= 4 is 11.6 Å². The molecular formula is C24H31NO. The molecule has 0 aromatic heterocycles. The first-order valence-electron chi connectivity index (χ1n) is 9.87. The fourth-order valence-corrected chi connectivity index (χ4v) is 3.95. The lowest BCUT2D eigenvalue weighted by molar-refractivity contribution is -0.117. The Kier molecular flexibility index (Phi) is 5.80. The molecule has 1 N–H and O–H groups in total. The van der Waals surface area contributed by atoms with E-state index in [4.69, 9.17) is 0 Å². The number of hydrogen-bond donors (Lipinski definition) is 1. The van der Waals surface area contributed by atoms with Gasteiger partial charge < -0.3 is 5.32 Å². The number of rotatable bonds is 4. The summed E-state index contributed by atoms with van der Waals surface area (Å²) in [5.41, 5.74) is 3.78. The lowest BCUT2D eigenvalue weighted by atomic mass is 9.77. The molecule has 0 saturated heterocycles. The monoisotopic (exact) mass is 349 g/mol. The van der Waals surface area contributed by atoms with Gasteiger partial charge in [-0.2, -0.15) is 0 Å². The molecule has 2 aromatic carbocycles. The van der Waals surface area contributed by atoms with Crippen molar-refractivity contribution in [2.45, 2.75) is 64.2 Å². The topological polar surface area (TPSA) is 29.1 Å². The Balaban J connectivity index is 1.47. The molecule has 1 amide bonds. The third-order valence-electron chi connectivity index (χ3n) is 5.63. The molecule has 138 valence electrons. The summed E-state index contributed by atoms with van der Waals surface area (Å²) < 4.78 is 0. The van der Waals surface area contributed by atoms with Crippen LogP contribution < -0.4 is 5.32 Å². The lowest BCUT2D eigenvalue weighted by Crippen LogP contribution is -2.20. The van der Waals surface area contributed by atoms with Crippen LogP contribution in [-0.2, 0) is 10.2 Å². The molecule has 1 saturated carbocycles. The summed E-state index contributed by atoms with van der Waals surface area (Å²) in [6, 6.07) is 19.1. The van der Waals surface area contributed by atoms with Crippen LogP contribution in [0.5, 0.6) is 0 Å². The number of anilines is 1. The maximum atomic E-state index is 12.4. The largest absolute Gasteiger partial charge is 0.326 e. The molecule has 0 bridgehead atoms. The minimum absolute atomic E-state index is 0.139. The Hall–Kier alpha value is -2.09. The van der Waals surface area contributed by atoms with Crippen LogP contribution in [-0.4, -0.2) is 5.91 Å². The van der Waals surface area contributed by atoms with Crippen molar-refractivity contribution in [3.05, 3.63) is 65.7 Å². The van der Waals surface area contributed by atoms with Gasteiger partial charge in [-0.05, 0) is 66.2 Å². The summed E-state index contributed by atoms with van der Waals surface area (Å²) in [4.78, 5) is 12.4. The zero-order chi connectivity index (χ0) is 18.6. The molecule has 2 aromatic rings. The quantitative estimate of drug-likeness (QED) is 0.691. The SMILES string of the molecule is CC(C)(C)c1ccc(NC(=O)CC2CCC(c3ccccc3)CC2)cc1. The maximum Gasteiger partial charge on any atom is 0.224 e. The van der Waals surface area contributed by atoms with Gasteiger partial charge in [0.1, 0.15) is 0 Å². The van der Waals surface area contributed by atoms with Crippen molar-refractivity contribution in [1.29, 1.82) is 0 Å². The van der Waals surface area contributed by atoms with Crippen molar-refractivity contribution in [3.63, 3.8) is 0 Å². The molecule has 2 heteroatoms. The van der Waals surface area contributed by atoms with Crippen LogP contribution in [0.25, 0.3) is 0 Å². The molecule has 1 aliphatic carbocycles. The highest BCUT2D eigenvalue weighted by Gasteiger charge is 2.24. The van der Waals surface area contributed by atoms with Crippen molar-refractivity contribution < 1.29 is 4.79 Å². The molecule has 26 heavy (non-hydrogen) atoms. The van der Waals surface area contributed by atoms with E-state index in [1.54, 1.807) is 0 Å². The van der Waals surface area contributed by atoms with Gasteiger partial charge in [0, 0.05) is 12.1 Å². The fraction of sp³-hybridized carbons (Fsp3) is 0.458. The molecule has 0 heterocycles. The van der Waals surface area contributed by atoms with E-state index in [1.165, 1.54) is 24.0 Å². The molecule has 0 unspecified atom stereocenters. The average molecular weight is 350 g/mol. The second-order valence-corrected chi connectivity index (χ2v) is 8.71. The van der Waals surface area contributed by atoms with Gasteiger partial charge >= 0.3 is 0 Å². The number of carbonyl (C=O) groups excluding carboxylic acids is 1. The Morgan fingerprint density at radius 3 is 2.12 bits per heavy atom. The molecule has 1 fully saturated rings. The van der Waals surface area contributed by atoms with E-state index in [1.807, 2.05) is 12.1 Å². The highest BCUT2D eigenvalue weighted by Crippen LogP contribution is 2.37. The van der Waals surface area contributed by atoms with Crippen LogP contribution >= 0.6 is 0 Å². The normalized spacial score (nSPS) is 20.6. The van der Waals surface area contributed by atoms with Gasteiger partial charge in [-0.25, -0.2) is 0 Å². The number of hydrogen-bond acceptors (Lipinski definition) is 1. The van der Waals surface area contributed by atoms with Gasteiger partial charge in [0.25, 0.3) is 0 Å². The van der Waals surface area contributed by atoms with Crippen LogP contribution in [0.1, 0.15) is 69.9 Å². The van der Waals surface area contributed by atoms with Crippen molar-refractivity contribution in [2.75, 3.05) is 5.32 Å². The number of nitrogens with one attached hydrogen (secondary N) is 1. The minimum atomic E-state index is 0.139. The highest BCUT2D eigenvalue weighted by molar-refractivity contribution is 5.90. The van der Waals surface area contributed by atoms with E-state index in [0.29, 0.717) is 18.3 Å². The Bertz CT molecular complexity index is 704. The summed E-state index contributed by atoms with van der Waals surface area (Å²) >= 11 is 0. The van der Waals surface area contributed by atoms with E-state index in [-0.39, 0.29) is 11.3 Å². The van der Waals surface area contributed by atoms with Crippen molar-refractivity contribution in [3.8, 4) is 0 Å². The second-order valence-electron chi connectivity index (χ2n) is 8.71. The van der Waals surface area contributed by atoms with E-state index < -0.39 is 0 Å². The van der Waals surface area contributed by atoms with Gasteiger partial charge in [-0.1, -0.05) is 63.2 Å². The van der Waals surface area contributed by atoms with Crippen LogP contribution in [0, 0.1) is 5.92 Å². The number of benzene rings is 2. The highest BCUT2D eigenvalue weighted by atomic mass is 16.1. The molecule has 0 aliphatic heterocycles. The molecule has 0 radical (unpaired) electrons. The molecule has 1 aliphatic rings. The lowest BCUT2D eigenvalue weighted by Gasteiger charge is -2.28. The number of carbonyl (C=O) groups is 1. The van der Waals surface area contributed by atoms with Crippen LogP contribution in [0.4, 0.5) is 5.69 Å². The summed E-state index contributed by atoms with van der Waals surface area (Å²) in [7, 11) is 0. The molecular weight excluding hydrogens is 318 g/mol. The Morgan fingerprint density at radius 2 is 1.54 bits per heavy atom. The average Bonchev–Trinajstić information content (AvgIpc) is 2.63. The first kappa shape index (κ1) is 18.7. The smallest absolute Gasteiger partial charge is 0.224 e. The third kappa shape index (κ3) is 4.97. The predicted octanol–water partition coefficient (Wildman–Crippen LogP) is 6.29. The van der Waals surface area contributed by atoms with Gasteiger partial charge in [-0.3, -0.25) is 4.79 Å². The third-order valence-corrected chi connectivity index (χ3v) is 5.63. The standard InChI is InChI=1S/C24H31NO/c1-24(2,3)21-13-15-22(16-14-21)25-23(26)17-18-9-11-20(12-10-18)19-7-5-4-6-8-19/h4-8,13-16,18,20H,9-12,17H2,1-3H3,(H,25,26). The van der Waals surface area contributed by atoms with Crippen LogP contribution in [0.3, 0.4) is 0 Å². The van der Waals surface area contributed by atoms with E-state index in [0.717, 1.165) is 18.5 Å². The van der Waals surface area contributed by atoms with Gasteiger partial charge in [0.05, 0.1) is 0 Å². The first-order valence-corrected chi connectivity index (χ1v) is 9.87. The molecule has 2 nitrogen and oxygen atoms in total. The molecule has 0 atom stereocenters. The van der Waals surface area contributed by atoms with Gasteiger partial charge in [0.15, 0.2) is 0 Å². The van der Waals surface area contributed by atoms with Crippen LogP contribution in [0.2, 0.25) is 0 Å². The summed E-state index contributed by atoms with van der Waals surface area (Å²) in [6.45, 7) is 6.60. The Labute approximate surface area is 158 Å². The summed E-state index contributed by atoms with van der Waals surface area (Å²) in [5, 5.41) is 3.07. The maximum absolute atomic E-state index is 12.4. The summed E-state index contributed by atoms with van der Waals surface area (Å²) in [5.74, 6) is 1.33. The zero-order valence-electron chi connectivity index (χ0n) is 16.3. The second kappa shape index (κ2) is 8.07. The van der Waals surface area contributed by atoms with Crippen molar-refractivity contribution in [1.82, 2.24) is 0 Å². The first-order chi connectivity index (χ1) is 12.4. The van der Waals surface area contributed by atoms with Gasteiger partial charge in [-0.15, -0.1) is 0 Å². The van der Waals surface area contributed by atoms with E-state index >= 15 is 0 Å². The number of amides is 1. The molecule has 3 rings (SSSR count). The zero-order valence-corrected chi connectivity index (χ0v) is 16.3. The minimum Gasteiger partial charge on any atom is -0.326 e. The Morgan fingerprint density at radius 1 is 0.923 bits per heavy atom. The summed E-state index contributed by atoms with van der Waals surface area (Å²) in [6.07, 6.45) is 5.33. The van der Waals surface area contributed by atoms with Gasteiger partial charge in [0.2, 0.25) is 5.91 Å². The van der Waals surface area contributed by atoms with E-state index in [9.17, 15) is 4.79 Å². The molecule has 0 spiro atoms.